The molecule has 4 rings (SSSR count). The third-order valence-electron chi connectivity index (χ3n) is 4.69. The fourth-order valence-corrected chi connectivity index (χ4v) is 6.64. The van der Waals surface area contributed by atoms with E-state index < -0.39 is 39.2 Å². The van der Waals surface area contributed by atoms with Gasteiger partial charge < -0.3 is 14.8 Å². The Hall–Kier alpha value is -2.60. The summed E-state index contributed by atoms with van der Waals surface area (Å²) in [6, 6.07) is 2.73. The average Bonchev–Trinajstić information content (AvgIpc) is 3.25. The molecule has 1 fully saturated rings. The molecule has 2 aromatic rings. The summed E-state index contributed by atoms with van der Waals surface area (Å²) in [4.78, 5) is 42.9. The van der Waals surface area contributed by atoms with Crippen LogP contribution in [0.5, 0.6) is 0 Å². The normalized spacial score (nSPS) is 19.8. The van der Waals surface area contributed by atoms with Gasteiger partial charge in [0.05, 0.1) is 5.75 Å². The van der Waals surface area contributed by atoms with Crippen LogP contribution in [0.25, 0.3) is 0 Å². The summed E-state index contributed by atoms with van der Waals surface area (Å²) in [6.07, 6.45) is 3.24. The van der Waals surface area contributed by atoms with E-state index in [1.807, 2.05) is 6.07 Å². The Labute approximate surface area is 211 Å². The van der Waals surface area contributed by atoms with Crippen LogP contribution in [0.15, 0.2) is 50.3 Å². The maximum atomic E-state index is 12.7. The number of aliphatic carboxylic acids is 1. The monoisotopic (exact) mass is 559 g/mol. The highest BCUT2D eigenvalue weighted by Crippen LogP contribution is 2.41. The predicted octanol–water partition coefficient (Wildman–Crippen LogP) is 0.475. The number of pyridine rings is 1. The van der Waals surface area contributed by atoms with E-state index >= 15 is 0 Å². The molecule has 3 N–H and O–H groups in total. The van der Waals surface area contributed by atoms with Crippen molar-refractivity contribution in [3.05, 3.63) is 41.7 Å². The van der Waals surface area contributed by atoms with E-state index in [9.17, 15) is 27.9 Å². The maximum Gasteiger partial charge on any atom is 0.352 e. The molecule has 0 bridgehead atoms. The Balaban J connectivity index is 1.37. The summed E-state index contributed by atoms with van der Waals surface area (Å²) in [7, 11) is -4.34. The molecule has 35 heavy (non-hydrogen) atoms. The third kappa shape index (κ3) is 6.16. The van der Waals surface area contributed by atoms with Crippen LogP contribution in [0.1, 0.15) is 5.89 Å². The third-order valence-corrected chi connectivity index (χ3v) is 8.53. The van der Waals surface area contributed by atoms with Crippen molar-refractivity contribution in [1.82, 2.24) is 25.4 Å². The molecule has 17 heteroatoms. The zero-order valence-corrected chi connectivity index (χ0v) is 20.8. The first-order valence-electron chi connectivity index (χ1n) is 9.75. The van der Waals surface area contributed by atoms with E-state index in [1.54, 1.807) is 18.5 Å². The van der Waals surface area contributed by atoms with Gasteiger partial charge in [0.15, 0.2) is 5.75 Å². The van der Waals surface area contributed by atoms with Gasteiger partial charge in [0.1, 0.15) is 17.1 Å². The van der Waals surface area contributed by atoms with Crippen LogP contribution in [0.3, 0.4) is 0 Å². The van der Waals surface area contributed by atoms with E-state index in [2.05, 4.69) is 20.5 Å². The molecule has 0 aromatic carbocycles. The lowest BCUT2D eigenvalue weighted by Gasteiger charge is -2.49. The molecule has 0 saturated carbocycles. The predicted molar refractivity (Wildman–Crippen MR) is 125 cm³/mol. The van der Waals surface area contributed by atoms with Gasteiger partial charge in [-0.05, 0) is 17.7 Å². The molecule has 2 unspecified atom stereocenters. The zero-order valence-electron chi connectivity index (χ0n) is 17.6. The van der Waals surface area contributed by atoms with Crippen LogP contribution in [0.2, 0.25) is 0 Å². The lowest BCUT2D eigenvalue weighted by Crippen LogP contribution is -2.70. The topological polar surface area (TPSA) is 193 Å². The van der Waals surface area contributed by atoms with Crippen molar-refractivity contribution in [3.8, 4) is 0 Å². The number of rotatable bonds is 10. The molecule has 1 saturated heterocycles. The van der Waals surface area contributed by atoms with Gasteiger partial charge in [0, 0.05) is 28.8 Å². The number of aromatic nitrogens is 3. The molecule has 2 amide bonds. The minimum Gasteiger partial charge on any atom is -0.477 e. The van der Waals surface area contributed by atoms with Gasteiger partial charge in [-0.15, -0.1) is 33.7 Å². The minimum atomic E-state index is -4.34. The highest BCUT2D eigenvalue weighted by molar-refractivity contribution is 8.01. The average molecular weight is 560 g/mol. The van der Waals surface area contributed by atoms with Crippen LogP contribution < -0.4 is 5.32 Å². The first-order valence-corrected chi connectivity index (χ1v) is 14.4. The number of hydrogen-bond acceptors (Lipinski definition) is 12. The molecule has 0 radical (unpaired) electrons. The summed E-state index contributed by atoms with van der Waals surface area (Å²) < 4.78 is 35.8. The van der Waals surface area contributed by atoms with Crippen molar-refractivity contribution in [2.75, 3.05) is 17.3 Å². The number of β-lactam (4-membered cyclic amide) rings is 1. The number of thioether (sulfide) groups is 3. The van der Waals surface area contributed by atoms with E-state index in [0.717, 1.165) is 21.6 Å². The first-order chi connectivity index (χ1) is 16.6. The molecule has 13 nitrogen and oxygen atoms in total. The smallest absolute Gasteiger partial charge is 0.352 e. The van der Waals surface area contributed by atoms with Crippen LogP contribution in [0.4, 0.5) is 0 Å². The lowest BCUT2D eigenvalue weighted by atomic mass is 10.0. The largest absolute Gasteiger partial charge is 0.477 e. The Morgan fingerprint density at radius 2 is 2.11 bits per heavy atom. The van der Waals surface area contributed by atoms with Crippen molar-refractivity contribution in [3.63, 3.8) is 0 Å². The van der Waals surface area contributed by atoms with Gasteiger partial charge in [0.2, 0.25) is 11.8 Å². The standard InChI is InChI=1S/C18H17N5O8S4/c24-11(7-32-10-2-1-3-19-4-10)20-13-15(25)23-14(17(26)27)9(5-33-16(13)23)6-34-18-22-21-12(31-18)8-35(28,29)30/h1-4,13,16H,5-8H2,(H,20,24)(H,26,27)(H,28,29,30). The Morgan fingerprint density at radius 1 is 1.31 bits per heavy atom. The van der Waals surface area contributed by atoms with E-state index in [4.69, 9.17) is 8.97 Å². The second-order valence-corrected chi connectivity index (χ2v) is 11.7. The molecular formula is C18H17N5O8S4. The molecule has 2 atom stereocenters. The minimum absolute atomic E-state index is 0.0146. The zero-order chi connectivity index (χ0) is 25.2. The lowest BCUT2D eigenvalue weighted by molar-refractivity contribution is -0.150. The van der Waals surface area contributed by atoms with Gasteiger partial charge in [-0.1, -0.05) is 11.8 Å². The maximum absolute atomic E-state index is 12.7. The summed E-state index contributed by atoms with van der Waals surface area (Å²) in [5.74, 6) is -2.83. The fraction of sp³-hybridized carbons (Fsp3) is 0.333. The van der Waals surface area contributed by atoms with Crippen molar-refractivity contribution in [2.45, 2.75) is 27.3 Å². The van der Waals surface area contributed by atoms with Crippen molar-refractivity contribution < 1.29 is 36.9 Å². The number of carbonyl (C=O) groups is 3. The first kappa shape index (κ1) is 25.5. The highest BCUT2D eigenvalue weighted by atomic mass is 32.2. The number of hydrogen-bond donors (Lipinski definition) is 3. The van der Waals surface area contributed by atoms with Gasteiger partial charge in [-0.3, -0.25) is 24.0 Å². The number of carboxylic acid groups (broad SMARTS) is 1. The summed E-state index contributed by atoms with van der Waals surface area (Å²) in [6.45, 7) is 0. The van der Waals surface area contributed by atoms with Gasteiger partial charge >= 0.3 is 5.97 Å². The summed E-state index contributed by atoms with van der Waals surface area (Å²) >= 11 is 3.56. The second kappa shape index (κ2) is 10.6. The number of carbonyl (C=O) groups excluding carboxylic acids is 2. The van der Waals surface area contributed by atoms with Crippen LogP contribution in [0, 0.1) is 0 Å². The second-order valence-electron chi connectivity index (χ2n) is 7.17. The highest BCUT2D eigenvalue weighted by Gasteiger charge is 2.54. The number of fused-ring (bicyclic) bond motifs is 1. The number of amides is 2. The molecule has 0 aliphatic carbocycles. The molecular weight excluding hydrogens is 542 g/mol. The SMILES string of the molecule is O=C(CSc1cccnc1)NC1C(=O)N2C(C(=O)O)=C(CSc3nnc(CS(=O)(=O)O)o3)CSC12. The van der Waals surface area contributed by atoms with E-state index in [0.29, 0.717) is 5.57 Å². The molecule has 0 spiro atoms. The van der Waals surface area contributed by atoms with E-state index in [1.165, 1.54) is 23.5 Å². The van der Waals surface area contributed by atoms with Gasteiger partial charge in [-0.25, -0.2) is 4.79 Å². The Bertz CT molecular complexity index is 1280. The van der Waals surface area contributed by atoms with Crippen molar-refractivity contribution in [2.24, 2.45) is 0 Å². The quantitative estimate of drug-likeness (QED) is 0.207. The summed E-state index contributed by atoms with van der Waals surface area (Å²) in [5.41, 5.74) is 0.266. The molecule has 2 aromatic heterocycles. The van der Waals surface area contributed by atoms with Crippen molar-refractivity contribution >= 4 is 63.2 Å². The molecule has 4 heterocycles. The van der Waals surface area contributed by atoms with Crippen LogP contribution >= 0.6 is 35.3 Å². The fourth-order valence-electron chi connectivity index (χ4n) is 3.25. The number of carboxylic acids is 1. The van der Waals surface area contributed by atoms with Crippen LogP contribution in [-0.2, 0) is 30.3 Å². The van der Waals surface area contributed by atoms with E-state index in [-0.39, 0.29) is 40.0 Å². The molecule has 186 valence electrons. The number of nitrogens with zero attached hydrogens (tertiary/aromatic N) is 4. The Kier molecular flexibility index (Phi) is 7.70. The molecule has 2 aliphatic heterocycles. The van der Waals surface area contributed by atoms with Crippen LogP contribution in [-0.4, -0.2) is 84.6 Å². The number of nitrogens with one attached hydrogen (secondary N) is 1. The van der Waals surface area contributed by atoms with Crippen molar-refractivity contribution in [1.29, 1.82) is 0 Å². The van der Waals surface area contributed by atoms with Gasteiger partial charge in [0.25, 0.3) is 21.2 Å². The Morgan fingerprint density at radius 3 is 2.80 bits per heavy atom. The molecule has 2 aliphatic rings. The summed E-state index contributed by atoms with van der Waals surface area (Å²) in [5, 5.41) is 19.0. The van der Waals surface area contributed by atoms with Gasteiger partial charge in [-0.2, -0.15) is 8.42 Å².